The van der Waals surface area contributed by atoms with Gasteiger partial charge in [-0.1, -0.05) is 48.5 Å². The van der Waals surface area contributed by atoms with Gasteiger partial charge in [-0.3, -0.25) is 9.59 Å². The minimum absolute atomic E-state index is 0.261. The lowest BCUT2D eigenvalue weighted by molar-refractivity contribution is 0.0955. The molecule has 0 saturated carbocycles. The fourth-order valence-corrected chi connectivity index (χ4v) is 3.27. The molecule has 0 saturated heterocycles. The Bertz CT molecular complexity index is 1160. The number of hydrogen-bond acceptors (Lipinski definition) is 3. The number of para-hydroxylation sites is 1. The molecule has 4 aromatic rings. The van der Waals surface area contributed by atoms with Crippen LogP contribution in [-0.2, 0) is 13.0 Å². The second-order valence-electron chi connectivity index (χ2n) is 6.56. The molecular formula is C22H20N4O2. The number of aromatic amines is 1. The predicted molar refractivity (Wildman–Crippen MR) is 108 cm³/mol. The second kappa shape index (κ2) is 7.92. The summed E-state index contributed by atoms with van der Waals surface area (Å²) < 4.78 is 2.07. The number of aromatic nitrogens is 3. The van der Waals surface area contributed by atoms with Crippen LogP contribution in [0.3, 0.4) is 0 Å². The van der Waals surface area contributed by atoms with Gasteiger partial charge in [0.1, 0.15) is 5.82 Å². The highest BCUT2D eigenvalue weighted by atomic mass is 16.2. The van der Waals surface area contributed by atoms with Gasteiger partial charge in [-0.25, -0.2) is 4.98 Å². The Morgan fingerprint density at radius 3 is 2.71 bits per heavy atom. The molecule has 2 heterocycles. The first-order valence-electron chi connectivity index (χ1n) is 9.15. The SMILES string of the molecule is O=C(NCCc1nccn1Cc1ccccc1)c1cc(=O)[nH]c2ccccc12. The van der Waals surface area contributed by atoms with Gasteiger partial charge < -0.3 is 14.9 Å². The number of fused-ring (bicyclic) bond motifs is 1. The Morgan fingerprint density at radius 1 is 1.07 bits per heavy atom. The van der Waals surface area contributed by atoms with E-state index in [-0.39, 0.29) is 11.5 Å². The molecule has 2 aromatic carbocycles. The van der Waals surface area contributed by atoms with Crippen molar-refractivity contribution in [3.05, 3.63) is 100 Å². The van der Waals surface area contributed by atoms with Crippen LogP contribution < -0.4 is 10.9 Å². The molecule has 0 radical (unpaired) electrons. The summed E-state index contributed by atoms with van der Waals surface area (Å²) in [5.41, 5.74) is 1.94. The fourth-order valence-electron chi connectivity index (χ4n) is 3.27. The molecule has 0 unspecified atom stereocenters. The smallest absolute Gasteiger partial charge is 0.252 e. The third-order valence-electron chi connectivity index (χ3n) is 4.63. The van der Waals surface area contributed by atoms with E-state index in [0.717, 1.165) is 17.8 Å². The molecule has 0 aliphatic carbocycles. The molecule has 0 spiro atoms. The van der Waals surface area contributed by atoms with E-state index in [2.05, 4.69) is 32.0 Å². The average molecular weight is 372 g/mol. The lowest BCUT2D eigenvalue weighted by Crippen LogP contribution is -2.28. The highest BCUT2D eigenvalue weighted by molar-refractivity contribution is 6.05. The van der Waals surface area contributed by atoms with Crippen LogP contribution in [0.2, 0.25) is 0 Å². The zero-order valence-electron chi connectivity index (χ0n) is 15.3. The van der Waals surface area contributed by atoms with Crippen LogP contribution in [0.5, 0.6) is 0 Å². The van der Waals surface area contributed by atoms with Crippen LogP contribution in [-0.4, -0.2) is 27.0 Å². The van der Waals surface area contributed by atoms with E-state index in [1.54, 1.807) is 12.3 Å². The fraction of sp³-hybridized carbons (Fsp3) is 0.136. The highest BCUT2D eigenvalue weighted by Crippen LogP contribution is 2.14. The molecule has 0 bridgehead atoms. The summed E-state index contributed by atoms with van der Waals surface area (Å²) in [6.45, 7) is 1.18. The predicted octanol–water partition coefficient (Wildman–Crippen LogP) is 2.75. The lowest BCUT2D eigenvalue weighted by Gasteiger charge is -2.10. The first-order valence-corrected chi connectivity index (χ1v) is 9.15. The highest BCUT2D eigenvalue weighted by Gasteiger charge is 2.12. The summed E-state index contributed by atoms with van der Waals surface area (Å²) in [5.74, 6) is 0.642. The number of amides is 1. The molecule has 6 heteroatoms. The number of carbonyl (C=O) groups excluding carboxylic acids is 1. The number of nitrogens with one attached hydrogen (secondary N) is 2. The zero-order valence-corrected chi connectivity index (χ0v) is 15.3. The van der Waals surface area contributed by atoms with Crippen molar-refractivity contribution in [3.63, 3.8) is 0 Å². The summed E-state index contributed by atoms with van der Waals surface area (Å²) in [5, 5.41) is 3.63. The van der Waals surface area contributed by atoms with E-state index in [9.17, 15) is 9.59 Å². The molecule has 1 amide bonds. The number of rotatable bonds is 6. The summed E-state index contributed by atoms with van der Waals surface area (Å²) in [4.78, 5) is 31.6. The minimum Gasteiger partial charge on any atom is -0.352 e. The molecule has 0 aliphatic rings. The van der Waals surface area contributed by atoms with Gasteiger partial charge in [-0.15, -0.1) is 0 Å². The Morgan fingerprint density at radius 2 is 1.86 bits per heavy atom. The van der Waals surface area contributed by atoms with Crippen molar-refractivity contribution < 1.29 is 4.79 Å². The summed E-state index contributed by atoms with van der Waals surface area (Å²) in [6.07, 6.45) is 4.31. The largest absolute Gasteiger partial charge is 0.352 e. The first kappa shape index (κ1) is 17.7. The van der Waals surface area contributed by atoms with Gasteiger partial charge in [0.15, 0.2) is 0 Å². The summed E-state index contributed by atoms with van der Waals surface area (Å²) >= 11 is 0. The molecular weight excluding hydrogens is 352 g/mol. The maximum atomic E-state index is 12.6. The van der Waals surface area contributed by atoms with E-state index in [4.69, 9.17) is 0 Å². The van der Waals surface area contributed by atoms with Crippen molar-refractivity contribution in [2.45, 2.75) is 13.0 Å². The quantitative estimate of drug-likeness (QED) is 0.546. The number of hydrogen-bond donors (Lipinski definition) is 2. The lowest BCUT2D eigenvalue weighted by atomic mass is 10.1. The van der Waals surface area contributed by atoms with Gasteiger partial charge in [0.05, 0.1) is 5.56 Å². The average Bonchev–Trinajstić information content (AvgIpc) is 3.15. The maximum Gasteiger partial charge on any atom is 0.252 e. The van der Waals surface area contributed by atoms with Crippen molar-refractivity contribution in [1.82, 2.24) is 19.9 Å². The normalized spacial score (nSPS) is 10.9. The minimum atomic E-state index is -0.290. The third kappa shape index (κ3) is 3.86. The van der Waals surface area contributed by atoms with Crippen molar-refractivity contribution in [3.8, 4) is 0 Å². The van der Waals surface area contributed by atoms with Crippen LogP contribution in [0.25, 0.3) is 10.9 Å². The Balaban J connectivity index is 1.43. The molecule has 140 valence electrons. The number of H-pyrrole nitrogens is 1. The molecule has 2 N–H and O–H groups in total. The van der Waals surface area contributed by atoms with Crippen LogP contribution in [0.4, 0.5) is 0 Å². The Labute approximate surface area is 161 Å². The third-order valence-corrected chi connectivity index (χ3v) is 4.63. The van der Waals surface area contributed by atoms with Gasteiger partial charge in [0.2, 0.25) is 5.56 Å². The molecule has 4 rings (SSSR count). The number of nitrogens with zero attached hydrogens (tertiary/aromatic N) is 2. The molecule has 0 atom stereocenters. The van der Waals surface area contributed by atoms with Crippen LogP contribution in [0.1, 0.15) is 21.7 Å². The van der Waals surface area contributed by atoms with E-state index < -0.39 is 0 Å². The van der Waals surface area contributed by atoms with Crippen molar-refractivity contribution >= 4 is 16.8 Å². The van der Waals surface area contributed by atoms with E-state index in [1.165, 1.54) is 11.6 Å². The Kier molecular flexibility index (Phi) is 5.01. The summed E-state index contributed by atoms with van der Waals surface area (Å²) in [6, 6.07) is 18.8. The Hall–Kier alpha value is -3.67. The van der Waals surface area contributed by atoms with Gasteiger partial charge >= 0.3 is 0 Å². The number of pyridine rings is 1. The van der Waals surface area contributed by atoms with Gasteiger partial charge in [0.25, 0.3) is 5.91 Å². The summed E-state index contributed by atoms with van der Waals surface area (Å²) in [7, 11) is 0. The molecule has 28 heavy (non-hydrogen) atoms. The molecule has 0 fully saturated rings. The van der Waals surface area contributed by atoms with Crippen molar-refractivity contribution in [2.75, 3.05) is 6.54 Å². The number of imidazole rings is 1. The van der Waals surface area contributed by atoms with Crippen LogP contribution >= 0.6 is 0 Å². The van der Waals surface area contributed by atoms with Gasteiger partial charge in [-0.05, 0) is 11.6 Å². The van der Waals surface area contributed by atoms with Gasteiger partial charge in [-0.2, -0.15) is 0 Å². The zero-order chi connectivity index (χ0) is 19.3. The molecule has 0 aliphatic heterocycles. The number of carbonyl (C=O) groups is 1. The number of benzene rings is 2. The molecule has 2 aromatic heterocycles. The van der Waals surface area contributed by atoms with Crippen LogP contribution in [0, 0.1) is 0 Å². The second-order valence-corrected chi connectivity index (χ2v) is 6.56. The van der Waals surface area contributed by atoms with E-state index in [1.807, 2.05) is 42.6 Å². The standard InChI is InChI=1S/C22H20N4O2/c27-21-14-18(17-8-4-5-9-19(17)25-21)22(28)24-11-10-20-23-12-13-26(20)15-16-6-2-1-3-7-16/h1-9,12-14H,10-11,15H2,(H,24,28)(H,25,27). The van der Waals surface area contributed by atoms with Crippen molar-refractivity contribution in [2.24, 2.45) is 0 Å². The first-order chi connectivity index (χ1) is 13.7. The topological polar surface area (TPSA) is 79.8 Å². The van der Waals surface area contributed by atoms with Gasteiger partial charge in [0, 0.05) is 48.9 Å². The maximum absolute atomic E-state index is 12.6. The van der Waals surface area contributed by atoms with Crippen LogP contribution in [0.15, 0.2) is 77.9 Å². The monoisotopic (exact) mass is 372 g/mol. The van der Waals surface area contributed by atoms with E-state index >= 15 is 0 Å². The van der Waals surface area contributed by atoms with E-state index in [0.29, 0.717) is 24.0 Å². The van der Waals surface area contributed by atoms with Crippen molar-refractivity contribution in [1.29, 1.82) is 0 Å². The molecule has 6 nitrogen and oxygen atoms in total.